The van der Waals surface area contributed by atoms with Crippen LogP contribution in [0.2, 0.25) is 0 Å². The zero-order chi connectivity index (χ0) is 54.5. The molecule has 2 aliphatic rings. The van der Waals surface area contributed by atoms with Crippen LogP contribution in [0.3, 0.4) is 0 Å². The van der Waals surface area contributed by atoms with E-state index < -0.39 is 51.6 Å². The van der Waals surface area contributed by atoms with Crippen LogP contribution in [-0.2, 0) is 58.9 Å². The zero-order valence-electron chi connectivity index (χ0n) is 40.9. The van der Waals surface area contributed by atoms with Crippen molar-refractivity contribution in [2.75, 3.05) is 50.0 Å². The van der Waals surface area contributed by atoms with Crippen LogP contribution in [0.25, 0.3) is 33.9 Å². The van der Waals surface area contributed by atoms with Gasteiger partial charge in [0.05, 0.1) is 47.0 Å². The number of amides is 5. The number of benzene rings is 2. The number of pyridine rings is 4. The fourth-order valence-electron chi connectivity index (χ4n) is 7.50. The van der Waals surface area contributed by atoms with E-state index in [1.54, 1.807) is 30.6 Å². The Hall–Kier alpha value is -7.63. The molecule has 77 heavy (non-hydrogen) atoms. The van der Waals surface area contributed by atoms with Gasteiger partial charge >= 0.3 is 0 Å². The summed E-state index contributed by atoms with van der Waals surface area (Å²) in [6.45, 7) is 1.31. The number of nitrogens with one attached hydrogen (secondary N) is 3. The molecule has 2 atom stereocenters. The Morgan fingerprint density at radius 2 is 1.32 bits per heavy atom. The largest absolute Gasteiger partial charge is 0.748 e. The second kappa shape index (κ2) is 30.2. The molecule has 2 unspecified atom stereocenters. The molecule has 1 radical (unpaired) electrons. The first-order valence-electron chi connectivity index (χ1n) is 23.6. The van der Waals surface area contributed by atoms with E-state index >= 15 is 0 Å². The molecular weight excluding hydrogens is 1210 g/mol. The number of unbranched alkanes of at least 4 members (excludes halogenated alkanes) is 1. The van der Waals surface area contributed by atoms with Gasteiger partial charge in [0.2, 0.25) is 17.7 Å². The number of carbonyl (C=O) groups excluding carboxylic acids is 5. The summed E-state index contributed by atoms with van der Waals surface area (Å²) in [6, 6.07) is 25.1. The first-order chi connectivity index (χ1) is 36.5. The summed E-state index contributed by atoms with van der Waals surface area (Å²) in [7, 11) is -4.86. The number of imide groups is 1. The Balaban J connectivity index is 0.000000302. The molecule has 0 aliphatic carbocycles. The second-order valence-corrected chi connectivity index (χ2v) is 18.1. The van der Waals surface area contributed by atoms with Gasteiger partial charge in [-0.15, -0.1) is 59.7 Å². The van der Waals surface area contributed by atoms with Gasteiger partial charge in [0, 0.05) is 100 Å². The fourth-order valence-corrected chi connectivity index (χ4v) is 8.14. The standard InChI is InChI=1S/C31H39N7O9S.2C11H6F2N.Ir/c39-27(34-15-18-47-19-17-38-28(40)9-10-29(38)41)8-2-4-13-35-30(42)25(21-48(44,45)46)36-31(43)26-7-5-16-37(26)22-11-14-33-24(20-22)23-6-1-3-12-32-23;2*12-9-3-1-8(2-4-9)11-7-10(13)5-6-14-11;/h1,3,6,9-12,14,20,25-26H,2,4-5,7-8,13,15-19,21H2,(H,34,39)(H,35,42)(H,36,43)(H,44,45,46);2*1,3-7H;/q;2*-1;/p-1. The van der Waals surface area contributed by atoms with Crippen LogP contribution in [0, 0.1) is 35.4 Å². The molecule has 0 saturated carbocycles. The van der Waals surface area contributed by atoms with Crippen LogP contribution in [0.1, 0.15) is 32.1 Å². The monoisotopic (exact) mass is 1260 g/mol. The van der Waals surface area contributed by atoms with Crippen molar-refractivity contribution in [3.8, 4) is 33.9 Å². The molecule has 5 amide bonds. The van der Waals surface area contributed by atoms with Crippen LogP contribution < -0.4 is 20.9 Å². The molecule has 6 aromatic rings. The van der Waals surface area contributed by atoms with E-state index in [0.29, 0.717) is 71.8 Å². The molecule has 24 heteroatoms. The molecule has 8 rings (SSSR count). The van der Waals surface area contributed by atoms with Crippen LogP contribution in [0.4, 0.5) is 23.2 Å². The van der Waals surface area contributed by atoms with Gasteiger partial charge in [-0.3, -0.25) is 47.6 Å². The minimum absolute atomic E-state index is 0. The van der Waals surface area contributed by atoms with E-state index in [1.165, 1.54) is 85.2 Å². The van der Waals surface area contributed by atoms with Crippen LogP contribution in [0.5, 0.6) is 0 Å². The third-order valence-electron chi connectivity index (χ3n) is 11.2. The smallest absolute Gasteiger partial charge is 0.253 e. The van der Waals surface area contributed by atoms with Gasteiger partial charge < -0.3 is 40.1 Å². The van der Waals surface area contributed by atoms with Crippen molar-refractivity contribution in [3.05, 3.63) is 163 Å². The Morgan fingerprint density at radius 1 is 0.714 bits per heavy atom. The molecule has 3 N–H and O–H groups in total. The number of rotatable bonds is 20. The summed E-state index contributed by atoms with van der Waals surface area (Å²) in [6.07, 6.45) is 10.4. The third-order valence-corrected chi connectivity index (χ3v) is 11.9. The van der Waals surface area contributed by atoms with Crippen LogP contribution in [-0.4, -0.2) is 125 Å². The van der Waals surface area contributed by atoms with Gasteiger partial charge in [-0.1, -0.05) is 6.07 Å². The van der Waals surface area contributed by atoms with E-state index in [4.69, 9.17) is 4.74 Å². The molecule has 6 heterocycles. The predicted molar refractivity (Wildman–Crippen MR) is 268 cm³/mol. The second-order valence-electron chi connectivity index (χ2n) is 16.7. The Bertz CT molecular complexity index is 2970. The van der Waals surface area contributed by atoms with Gasteiger partial charge in [-0.2, -0.15) is 0 Å². The summed E-state index contributed by atoms with van der Waals surface area (Å²) in [5.41, 5.74) is 4.03. The van der Waals surface area contributed by atoms with Crippen molar-refractivity contribution in [1.82, 2.24) is 40.8 Å². The summed E-state index contributed by atoms with van der Waals surface area (Å²) >= 11 is 0. The van der Waals surface area contributed by atoms with E-state index in [0.717, 1.165) is 4.90 Å². The van der Waals surface area contributed by atoms with Crippen molar-refractivity contribution in [2.24, 2.45) is 0 Å². The van der Waals surface area contributed by atoms with E-state index in [-0.39, 0.29) is 88.6 Å². The number of nitrogens with zero attached hydrogens (tertiary/aromatic N) is 6. The average molecular weight is 1260 g/mol. The van der Waals surface area contributed by atoms with Gasteiger partial charge in [0.15, 0.2) is 0 Å². The maximum Gasteiger partial charge on any atom is 0.253 e. The summed E-state index contributed by atoms with van der Waals surface area (Å²) in [5, 5.41) is 7.69. The van der Waals surface area contributed by atoms with Gasteiger partial charge in [0.1, 0.15) is 23.7 Å². The molecule has 1 saturated heterocycles. The summed E-state index contributed by atoms with van der Waals surface area (Å²) in [4.78, 5) is 80.7. The normalized spacial score (nSPS) is 14.1. The summed E-state index contributed by atoms with van der Waals surface area (Å²) in [5.74, 6) is -5.01. The molecule has 2 aromatic carbocycles. The number of hydrogen-bond donors (Lipinski definition) is 3. The number of aromatic nitrogens is 4. The molecule has 18 nitrogen and oxygen atoms in total. The molecule has 407 valence electrons. The molecule has 4 aromatic heterocycles. The Labute approximate surface area is 454 Å². The van der Waals surface area contributed by atoms with Gasteiger partial charge in [0.25, 0.3) is 11.8 Å². The predicted octanol–water partition coefficient (Wildman–Crippen LogP) is 5.14. The fraction of sp³-hybridized carbons (Fsp3) is 0.264. The summed E-state index contributed by atoms with van der Waals surface area (Å²) < 4.78 is 90.8. The van der Waals surface area contributed by atoms with Crippen molar-refractivity contribution in [1.29, 1.82) is 0 Å². The number of anilines is 1. The van der Waals surface area contributed by atoms with Crippen molar-refractivity contribution < 1.29 is 79.3 Å². The van der Waals surface area contributed by atoms with Crippen molar-refractivity contribution in [3.63, 3.8) is 0 Å². The van der Waals surface area contributed by atoms with Gasteiger partial charge in [-0.05, 0) is 85.6 Å². The first kappa shape index (κ1) is 60.2. The topological polar surface area (TPSA) is 246 Å². The third kappa shape index (κ3) is 19.8. The van der Waals surface area contributed by atoms with Crippen molar-refractivity contribution >= 4 is 45.3 Å². The zero-order valence-corrected chi connectivity index (χ0v) is 44.1. The maximum absolute atomic E-state index is 13.3. The Kier molecular flexibility index (Phi) is 23.6. The molecule has 0 bridgehead atoms. The molecule has 1 fully saturated rings. The van der Waals surface area contributed by atoms with E-state index in [9.17, 15) is 54.5 Å². The van der Waals surface area contributed by atoms with Crippen molar-refractivity contribution in [2.45, 2.75) is 44.2 Å². The minimum atomic E-state index is -4.86. The number of ether oxygens (including phenoxy) is 1. The minimum Gasteiger partial charge on any atom is -0.748 e. The SMILES string of the molecule is Fc1c[c-]c(-c2cc(F)ccn2)cc1.Fc1c[c-]c(-c2cc(F)ccn2)cc1.O=C(CCCCNC(=O)C(CS(=O)(=O)[O-])NC(=O)C1CCCN1c1ccnc(-c2ccccn2)c1)NCCOCCN1C(=O)C=CC1=O.[Ir]. The Morgan fingerprint density at radius 3 is 1.90 bits per heavy atom. The molecule has 0 spiro atoms. The quantitative estimate of drug-likeness (QED) is 0.0295. The number of hydrogen-bond acceptors (Lipinski definition) is 14. The van der Waals surface area contributed by atoms with Crippen LogP contribution in [0.15, 0.2) is 128 Å². The van der Waals surface area contributed by atoms with Crippen LogP contribution >= 0.6 is 0 Å². The number of carbonyl (C=O) groups is 5. The number of halogens is 4. The van der Waals surface area contributed by atoms with E-state index in [1.807, 2.05) is 17.0 Å². The van der Waals surface area contributed by atoms with E-state index in [2.05, 4.69) is 48.0 Å². The maximum atomic E-state index is 13.3. The van der Waals surface area contributed by atoms with Gasteiger partial charge in [-0.25, -0.2) is 17.2 Å². The average Bonchev–Trinajstić information content (AvgIpc) is 4.04. The first-order valence-corrected chi connectivity index (χ1v) is 25.2. The molecule has 2 aliphatic heterocycles. The molecular formula is C53H50F4IrN9O9S-3.